The maximum absolute atomic E-state index is 12.7. The van der Waals surface area contributed by atoms with Gasteiger partial charge in [0.25, 0.3) is 0 Å². The Morgan fingerprint density at radius 1 is 1.32 bits per heavy atom. The number of hydrogen-bond donors (Lipinski definition) is 2. The van der Waals surface area contributed by atoms with E-state index in [1.165, 1.54) is 19.3 Å². The monoisotopic (exact) mass is 348 g/mol. The van der Waals surface area contributed by atoms with E-state index >= 15 is 0 Å². The Morgan fingerprint density at radius 3 is 2.68 bits per heavy atom. The molecule has 2 aromatic rings. The van der Waals surface area contributed by atoms with E-state index in [4.69, 9.17) is 20.9 Å². The minimum Gasteiger partial charge on any atom is -0.460 e. The molecule has 0 aliphatic rings. The number of nitrogens with two attached hydrogens (primary N) is 2. The second-order valence-corrected chi connectivity index (χ2v) is 4.95. The molecule has 2 aromatic heterocycles. The first kappa shape index (κ1) is 18.0. The molecule has 0 radical (unpaired) electrons. The standard InChI is InChI=1S/C15H17FN6O3/c1-9(16)7-24-14-19-5-10(6-20-14)12-4-2-3-11(21-12)8-25-15(23)22-13(17)18/h2-6,9H,7-8H2,1H3,(H4,17,18,22,23)/t9-/m1/s1. The van der Waals surface area contributed by atoms with Crippen LogP contribution in [0.25, 0.3) is 11.3 Å². The molecule has 0 spiro atoms. The van der Waals surface area contributed by atoms with Crippen molar-refractivity contribution in [3.05, 3.63) is 36.3 Å². The van der Waals surface area contributed by atoms with E-state index in [2.05, 4.69) is 19.9 Å². The lowest BCUT2D eigenvalue weighted by Gasteiger charge is -2.06. The number of pyridine rings is 1. The first-order valence-electron chi connectivity index (χ1n) is 7.25. The summed E-state index contributed by atoms with van der Waals surface area (Å²) in [7, 11) is 0. The molecule has 0 aliphatic heterocycles. The number of ether oxygens (including phenoxy) is 2. The van der Waals surface area contributed by atoms with E-state index in [9.17, 15) is 9.18 Å². The maximum atomic E-state index is 12.7. The quantitative estimate of drug-likeness (QED) is 0.586. The zero-order chi connectivity index (χ0) is 18.2. The zero-order valence-electron chi connectivity index (χ0n) is 13.4. The molecule has 0 saturated carbocycles. The summed E-state index contributed by atoms with van der Waals surface area (Å²) in [6, 6.07) is 5.23. The molecule has 4 N–H and O–H groups in total. The number of guanidine groups is 1. The van der Waals surface area contributed by atoms with E-state index in [1.807, 2.05) is 0 Å². The van der Waals surface area contributed by atoms with Crippen molar-refractivity contribution in [2.24, 2.45) is 16.5 Å². The molecule has 0 unspecified atom stereocenters. The third-order valence-electron chi connectivity index (χ3n) is 2.74. The highest BCUT2D eigenvalue weighted by atomic mass is 19.1. The van der Waals surface area contributed by atoms with Gasteiger partial charge in [0.05, 0.1) is 11.4 Å². The molecule has 2 rings (SSSR count). The smallest absolute Gasteiger partial charge is 0.437 e. The number of alkyl halides is 1. The lowest BCUT2D eigenvalue weighted by atomic mass is 10.2. The van der Waals surface area contributed by atoms with Crippen molar-refractivity contribution in [3.8, 4) is 17.3 Å². The van der Waals surface area contributed by atoms with Crippen LogP contribution < -0.4 is 16.2 Å². The van der Waals surface area contributed by atoms with Crippen LogP contribution in [-0.2, 0) is 11.3 Å². The van der Waals surface area contributed by atoms with Crippen molar-refractivity contribution < 1.29 is 18.7 Å². The number of halogens is 1. The van der Waals surface area contributed by atoms with Gasteiger partial charge in [0.1, 0.15) is 19.4 Å². The van der Waals surface area contributed by atoms with Crippen LogP contribution in [0.1, 0.15) is 12.6 Å². The number of amides is 1. The zero-order valence-corrected chi connectivity index (χ0v) is 13.4. The number of carbonyl (C=O) groups excluding carboxylic acids is 1. The van der Waals surface area contributed by atoms with Gasteiger partial charge < -0.3 is 20.9 Å². The molecule has 132 valence electrons. The highest BCUT2D eigenvalue weighted by Gasteiger charge is 2.07. The van der Waals surface area contributed by atoms with Crippen molar-refractivity contribution in [2.75, 3.05) is 6.61 Å². The maximum Gasteiger partial charge on any atom is 0.437 e. The second-order valence-electron chi connectivity index (χ2n) is 4.95. The van der Waals surface area contributed by atoms with Gasteiger partial charge >= 0.3 is 12.1 Å². The summed E-state index contributed by atoms with van der Waals surface area (Å²) in [5, 5.41) is 0. The van der Waals surface area contributed by atoms with E-state index in [0.29, 0.717) is 17.0 Å². The van der Waals surface area contributed by atoms with E-state index in [1.54, 1.807) is 18.2 Å². The van der Waals surface area contributed by atoms with Gasteiger partial charge in [-0.25, -0.2) is 24.1 Å². The lowest BCUT2D eigenvalue weighted by Crippen LogP contribution is -2.24. The van der Waals surface area contributed by atoms with Crippen LogP contribution in [0.15, 0.2) is 35.6 Å². The van der Waals surface area contributed by atoms with Crippen LogP contribution in [0.3, 0.4) is 0 Å². The predicted molar refractivity (Wildman–Crippen MR) is 87.3 cm³/mol. The molecule has 0 saturated heterocycles. The van der Waals surface area contributed by atoms with Gasteiger partial charge in [0.15, 0.2) is 5.96 Å². The summed E-state index contributed by atoms with van der Waals surface area (Å²) >= 11 is 0. The minimum atomic E-state index is -1.11. The number of aliphatic imine (C=N–C) groups is 1. The molecule has 0 aromatic carbocycles. The molecule has 1 atom stereocenters. The topological polar surface area (TPSA) is 139 Å². The average Bonchev–Trinajstić information content (AvgIpc) is 2.58. The average molecular weight is 348 g/mol. The van der Waals surface area contributed by atoms with Crippen molar-refractivity contribution in [3.63, 3.8) is 0 Å². The number of nitrogens with zero attached hydrogens (tertiary/aromatic N) is 4. The molecule has 2 heterocycles. The molecule has 25 heavy (non-hydrogen) atoms. The Hall–Kier alpha value is -3.30. The van der Waals surface area contributed by atoms with E-state index < -0.39 is 12.3 Å². The Kier molecular flexibility index (Phi) is 6.15. The van der Waals surface area contributed by atoms with Crippen LogP contribution in [0.4, 0.5) is 9.18 Å². The van der Waals surface area contributed by atoms with Gasteiger partial charge in [-0.2, -0.15) is 0 Å². The van der Waals surface area contributed by atoms with Gasteiger partial charge in [-0.1, -0.05) is 6.07 Å². The normalized spacial score (nSPS) is 11.4. The van der Waals surface area contributed by atoms with Crippen LogP contribution in [0.5, 0.6) is 6.01 Å². The number of carbonyl (C=O) groups is 1. The Balaban J connectivity index is 2.03. The number of aromatic nitrogens is 3. The lowest BCUT2D eigenvalue weighted by molar-refractivity contribution is 0.149. The third-order valence-corrected chi connectivity index (χ3v) is 2.74. The summed E-state index contributed by atoms with van der Waals surface area (Å²) in [4.78, 5) is 26.8. The Bertz CT molecular complexity index is 747. The molecule has 0 fully saturated rings. The summed E-state index contributed by atoms with van der Waals surface area (Å²) in [6.07, 6.45) is 0.994. The molecule has 0 bridgehead atoms. The van der Waals surface area contributed by atoms with Gasteiger partial charge in [-0.05, 0) is 19.1 Å². The molecular formula is C15H17FN6O3. The summed E-state index contributed by atoms with van der Waals surface area (Å²) in [6.45, 7) is 1.16. The van der Waals surface area contributed by atoms with Gasteiger partial charge in [0.2, 0.25) is 0 Å². The van der Waals surface area contributed by atoms with Crippen LogP contribution in [-0.4, -0.2) is 39.8 Å². The van der Waals surface area contributed by atoms with Crippen molar-refractivity contribution in [1.82, 2.24) is 15.0 Å². The molecule has 0 aliphatic carbocycles. The predicted octanol–water partition coefficient (Wildman–Crippen LogP) is 1.19. The molecule has 1 amide bonds. The van der Waals surface area contributed by atoms with Crippen molar-refractivity contribution in [1.29, 1.82) is 0 Å². The molecular weight excluding hydrogens is 331 g/mol. The van der Waals surface area contributed by atoms with Gasteiger partial charge in [0, 0.05) is 18.0 Å². The molecule has 9 nitrogen and oxygen atoms in total. The number of rotatable bonds is 6. The fourth-order valence-corrected chi connectivity index (χ4v) is 1.71. The highest BCUT2D eigenvalue weighted by molar-refractivity contribution is 5.87. The fraction of sp³-hybridized carbons (Fsp3) is 0.267. The van der Waals surface area contributed by atoms with Crippen molar-refractivity contribution >= 4 is 12.1 Å². The van der Waals surface area contributed by atoms with E-state index in [-0.39, 0.29) is 25.2 Å². The van der Waals surface area contributed by atoms with Crippen LogP contribution in [0.2, 0.25) is 0 Å². The summed E-state index contributed by atoms with van der Waals surface area (Å²) < 4.78 is 22.7. The fourth-order valence-electron chi connectivity index (χ4n) is 1.71. The van der Waals surface area contributed by atoms with E-state index in [0.717, 1.165) is 0 Å². The first-order chi connectivity index (χ1) is 11.9. The minimum absolute atomic E-state index is 0.0792. The highest BCUT2D eigenvalue weighted by Crippen LogP contribution is 2.17. The van der Waals surface area contributed by atoms with Gasteiger partial charge in [-0.3, -0.25) is 0 Å². The molecule has 10 heteroatoms. The second kappa shape index (κ2) is 8.52. The van der Waals surface area contributed by atoms with Crippen LogP contribution >= 0.6 is 0 Å². The Labute approximate surface area is 142 Å². The Morgan fingerprint density at radius 2 is 2.04 bits per heavy atom. The SMILES string of the molecule is C[C@@H](F)COc1ncc(-c2cccc(COC(=O)N=C(N)N)n2)cn1. The van der Waals surface area contributed by atoms with Crippen LogP contribution in [0, 0.1) is 0 Å². The third kappa shape index (κ3) is 6.01. The number of hydrogen-bond acceptors (Lipinski definition) is 6. The van der Waals surface area contributed by atoms with Crippen molar-refractivity contribution in [2.45, 2.75) is 19.7 Å². The first-order valence-corrected chi connectivity index (χ1v) is 7.25. The summed E-state index contributed by atoms with van der Waals surface area (Å²) in [5.74, 6) is -0.381. The summed E-state index contributed by atoms with van der Waals surface area (Å²) in [5.41, 5.74) is 11.8. The van der Waals surface area contributed by atoms with Gasteiger partial charge in [-0.15, -0.1) is 4.99 Å². The largest absolute Gasteiger partial charge is 0.460 e.